The van der Waals surface area contributed by atoms with Crippen molar-refractivity contribution in [3.8, 4) is 0 Å². The van der Waals surface area contributed by atoms with Gasteiger partial charge in [-0.1, -0.05) is 45.0 Å². The van der Waals surface area contributed by atoms with Gasteiger partial charge in [-0.25, -0.2) is 0 Å². The first-order valence-corrected chi connectivity index (χ1v) is 11.8. The fourth-order valence-electron chi connectivity index (χ4n) is 4.69. The third kappa shape index (κ3) is 5.31. The van der Waals surface area contributed by atoms with Gasteiger partial charge in [-0.15, -0.1) is 0 Å². The molecule has 0 bridgehead atoms. The van der Waals surface area contributed by atoms with E-state index in [4.69, 9.17) is 0 Å². The average molecular weight is 443 g/mol. The highest BCUT2D eigenvalue weighted by molar-refractivity contribution is 5.94. The maximum absolute atomic E-state index is 13.6. The molecule has 1 aromatic carbocycles. The molecule has 4 unspecified atom stereocenters. The molecular formula is C25H38N4O3. The molecule has 32 heavy (non-hydrogen) atoms. The summed E-state index contributed by atoms with van der Waals surface area (Å²) in [5.41, 5.74) is 1.99. The lowest BCUT2D eigenvalue weighted by molar-refractivity contribution is -0.144. The van der Waals surface area contributed by atoms with E-state index in [1.807, 2.05) is 32.9 Å². The Balaban J connectivity index is 1.74. The van der Waals surface area contributed by atoms with Crippen molar-refractivity contribution in [1.29, 1.82) is 0 Å². The third-order valence-electron chi connectivity index (χ3n) is 6.75. The van der Waals surface area contributed by atoms with Crippen LogP contribution in [0.2, 0.25) is 0 Å². The molecule has 1 aliphatic heterocycles. The van der Waals surface area contributed by atoms with Gasteiger partial charge in [0.25, 0.3) is 0 Å². The molecule has 3 amide bonds. The molecule has 1 saturated heterocycles. The molecule has 1 fully saturated rings. The zero-order chi connectivity index (χ0) is 23.5. The molecule has 3 N–H and O–H groups in total. The van der Waals surface area contributed by atoms with Crippen LogP contribution in [0.25, 0.3) is 0 Å². The Morgan fingerprint density at radius 3 is 2.50 bits per heavy atom. The van der Waals surface area contributed by atoms with E-state index in [0.29, 0.717) is 13.0 Å². The Morgan fingerprint density at radius 2 is 1.81 bits per heavy atom. The van der Waals surface area contributed by atoms with Crippen LogP contribution >= 0.6 is 0 Å². The quantitative estimate of drug-likeness (QED) is 0.631. The summed E-state index contributed by atoms with van der Waals surface area (Å²) in [5, 5.41) is 9.04. The zero-order valence-corrected chi connectivity index (χ0v) is 20.0. The molecule has 0 radical (unpaired) electrons. The predicted molar refractivity (Wildman–Crippen MR) is 125 cm³/mol. The van der Waals surface area contributed by atoms with E-state index >= 15 is 0 Å². The number of likely N-dealkylation sites (tertiary alicyclic amines) is 1. The number of nitrogens with one attached hydrogen (secondary N) is 3. The number of aryl methyl sites for hydroxylation is 1. The van der Waals surface area contributed by atoms with Crippen molar-refractivity contribution in [1.82, 2.24) is 20.9 Å². The van der Waals surface area contributed by atoms with Crippen molar-refractivity contribution in [3.05, 3.63) is 35.4 Å². The summed E-state index contributed by atoms with van der Waals surface area (Å²) in [4.78, 5) is 41.0. The lowest BCUT2D eigenvalue weighted by Gasteiger charge is -2.36. The van der Waals surface area contributed by atoms with Gasteiger partial charge in [0.15, 0.2) is 0 Å². The molecule has 0 aromatic heterocycles. The Morgan fingerprint density at radius 1 is 1.09 bits per heavy atom. The molecule has 0 spiro atoms. The summed E-state index contributed by atoms with van der Waals surface area (Å²) in [6.07, 6.45) is 4.41. The Kier molecular flexibility index (Phi) is 7.59. The van der Waals surface area contributed by atoms with Crippen molar-refractivity contribution in [2.75, 3.05) is 13.6 Å². The third-order valence-corrected chi connectivity index (χ3v) is 6.75. The second-order valence-electron chi connectivity index (χ2n) is 10.2. The number of hydrogen-bond donors (Lipinski definition) is 3. The topological polar surface area (TPSA) is 90.5 Å². The minimum atomic E-state index is -0.699. The van der Waals surface area contributed by atoms with Gasteiger partial charge >= 0.3 is 0 Å². The summed E-state index contributed by atoms with van der Waals surface area (Å²) in [6, 6.07) is 6.65. The Labute approximate surface area is 191 Å². The van der Waals surface area contributed by atoms with Crippen LogP contribution in [0.1, 0.15) is 70.5 Å². The number of carbonyl (C=O) groups excluding carboxylic acids is 3. The molecule has 1 heterocycles. The SMILES string of the molecule is CNC(C)C(=O)NC(C(=O)N1CCCC1C(=O)NC1CCCc2ccccc21)C(C)(C)C. The van der Waals surface area contributed by atoms with Crippen LogP contribution in [0.15, 0.2) is 24.3 Å². The highest BCUT2D eigenvalue weighted by Gasteiger charge is 2.42. The van der Waals surface area contributed by atoms with Crippen LogP contribution in [-0.2, 0) is 20.8 Å². The number of amides is 3. The van der Waals surface area contributed by atoms with Gasteiger partial charge in [0.05, 0.1) is 12.1 Å². The summed E-state index contributed by atoms with van der Waals surface area (Å²) in [6.45, 7) is 8.09. The van der Waals surface area contributed by atoms with Crippen molar-refractivity contribution < 1.29 is 14.4 Å². The Bertz CT molecular complexity index is 848. The number of carbonyl (C=O) groups is 3. The smallest absolute Gasteiger partial charge is 0.246 e. The minimum Gasteiger partial charge on any atom is -0.347 e. The Hall–Kier alpha value is -2.41. The van der Waals surface area contributed by atoms with Gasteiger partial charge < -0.3 is 20.9 Å². The number of nitrogens with zero attached hydrogens (tertiary/aromatic N) is 1. The van der Waals surface area contributed by atoms with E-state index in [-0.39, 0.29) is 23.8 Å². The first-order chi connectivity index (χ1) is 15.1. The second kappa shape index (κ2) is 10.0. The molecule has 2 aliphatic rings. The maximum Gasteiger partial charge on any atom is 0.246 e. The number of fused-ring (bicyclic) bond motifs is 1. The van der Waals surface area contributed by atoms with Gasteiger partial charge in [-0.3, -0.25) is 14.4 Å². The number of rotatable bonds is 6. The fourth-order valence-corrected chi connectivity index (χ4v) is 4.69. The van der Waals surface area contributed by atoms with Crippen LogP contribution in [0.4, 0.5) is 0 Å². The normalized spacial score (nSPS) is 22.6. The van der Waals surface area contributed by atoms with E-state index in [9.17, 15) is 14.4 Å². The first kappa shape index (κ1) is 24.2. The summed E-state index contributed by atoms with van der Waals surface area (Å²) < 4.78 is 0. The molecule has 176 valence electrons. The summed E-state index contributed by atoms with van der Waals surface area (Å²) >= 11 is 0. The highest BCUT2D eigenvalue weighted by atomic mass is 16.2. The summed E-state index contributed by atoms with van der Waals surface area (Å²) in [7, 11) is 1.71. The molecule has 1 aliphatic carbocycles. The van der Waals surface area contributed by atoms with Gasteiger partial charge in [0.1, 0.15) is 12.1 Å². The van der Waals surface area contributed by atoms with E-state index < -0.39 is 23.5 Å². The molecule has 7 heteroatoms. The molecule has 4 atom stereocenters. The highest BCUT2D eigenvalue weighted by Crippen LogP contribution is 2.31. The van der Waals surface area contributed by atoms with Gasteiger partial charge in [0.2, 0.25) is 17.7 Å². The lowest BCUT2D eigenvalue weighted by Crippen LogP contribution is -2.59. The number of hydrogen-bond acceptors (Lipinski definition) is 4. The van der Waals surface area contributed by atoms with Gasteiger partial charge in [0, 0.05) is 6.54 Å². The number of likely N-dealkylation sites (N-methyl/N-ethyl adjacent to an activating group) is 1. The van der Waals surface area contributed by atoms with Crippen LogP contribution in [-0.4, -0.2) is 54.3 Å². The first-order valence-electron chi connectivity index (χ1n) is 11.8. The van der Waals surface area contributed by atoms with E-state index in [1.165, 1.54) is 11.1 Å². The van der Waals surface area contributed by atoms with E-state index in [2.05, 4.69) is 28.1 Å². The zero-order valence-electron chi connectivity index (χ0n) is 20.0. The van der Waals surface area contributed by atoms with Crippen LogP contribution in [0, 0.1) is 5.41 Å². The number of benzene rings is 1. The minimum absolute atomic E-state index is 0.0143. The fraction of sp³-hybridized carbons (Fsp3) is 0.640. The molecule has 1 aromatic rings. The largest absolute Gasteiger partial charge is 0.347 e. The van der Waals surface area contributed by atoms with Crippen molar-refractivity contribution >= 4 is 17.7 Å². The molecule has 7 nitrogen and oxygen atoms in total. The van der Waals surface area contributed by atoms with Crippen LogP contribution in [0.3, 0.4) is 0 Å². The van der Waals surface area contributed by atoms with E-state index in [0.717, 1.165) is 25.7 Å². The molecular weight excluding hydrogens is 404 g/mol. The molecule has 0 saturated carbocycles. The average Bonchev–Trinajstić information content (AvgIpc) is 3.26. The lowest BCUT2D eigenvalue weighted by atomic mass is 9.85. The van der Waals surface area contributed by atoms with Gasteiger partial charge in [-0.05, 0) is 62.6 Å². The predicted octanol–water partition coefficient (Wildman–Crippen LogP) is 2.31. The van der Waals surface area contributed by atoms with E-state index in [1.54, 1.807) is 18.9 Å². The summed E-state index contributed by atoms with van der Waals surface area (Å²) in [5.74, 6) is -0.504. The van der Waals surface area contributed by atoms with Gasteiger partial charge in [-0.2, -0.15) is 0 Å². The maximum atomic E-state index is 13.6. The monoisotopic (exact) mass is 442 g/mol. The van der Waals surface area contributed by atoms with Crippen molar-refractivity contribution in [2.45, 2.75) is 84.0 Å². The standard InChI is InChI=1S/C25H38N4O3/c1-16(26-5)22(30)28-21(25(2,3)4)24(32)29-15-9-14-20(29)23(31)27-19-13-8-11-17-10-6-7-12-18(17)19/h6-7,10,12,16,19-21,26H,8-9,11,13-15H2,1-5H3,(H,27,31)(H,28,30). The van der Waals surface area contributed by atoms with Crippen LogP contribution in [0.5, 0.6) is 0 Å². The van der Waals surface area contributed by atoms with Crippen molar-refractivity contribution in [2.24, 2.45) is 5.41 Å². The molecule has 3 rings (SSSR count). The van der Waals surface area contributed by atoms with Crippen molar-refractivity contribution in [3.63, 3.8) is 0 Å². The van der Waals surface area contributed by atoms with Crippen LogP contribution < -0.4 is 16.0 Å². The second-order valence-corrected chi connectivity index (χ2v) is 10.2.